The van der Waals surface area contributed by atoms with E-state index in [1.807, 2.05) is 0 Å². The summed E-state index contributed by atoms with van der Waals surface area (Å²) in [6, 6.07) is 14.5. The lowest BCUT2D eigenvalue weighted by Crippen LogP contribution is -2.12. The predicted molar refractivity (Wildman–Crippen MR) is 73.5 cm³/mol. The summed E-state index contributed by atoms with van der Waals surface area (Å²) >= 11 is 0. The molecular formula is C13H12NO5P. The van der Waals surface area contributed by atoms with Crippen molar-refractivity contribution in [3.05, 3.63) is 60.2 Å². The average Bonchev–Trinajstić information content (AvgIpc) is 2.40. The number of amides is 1. The molecule has 0 spiro atoms. The Bertz CT molecular complexity index is 653. The van der Waals surface area contributed by atoms with Crippen LogP contribution in [0.25, 0.3) is 0 Å². The first kappa shape index (κ1) is 14.3. The SMILES string of the molecule is O=C(Nc1ccccc1OP(=O)(O)O)c1ccccc1. The van der Waals surface area contributed by atoms with E-state index < -0.39 is 13.7 Å². The highest BCUT2D eigenvalue weighted by atomic mass is 31.2. The predicted octanol–water partition coefficient (Wildman–Crippen LogP) is 2.41. The van der Waals surface area contributed by atoms with Gasteiger partial charge >= 0.3 is 7.82 Å². The molecule has 7 heteroatoms. The lowest BCUT2D eigenvalue weighted by atomic mass is 10.2. The second kappa shape index (κ2) is 5.88. The van der Waals surface area contributed by atoms with Gasteiger partial charge in [0.05, 0.1) is 5.69 Å². The molecule has 0 aromatic heterocycles. The fraction of sp³-hybridized carbons (Fsp3) is 0. The van der Waals surface area contributed by atoms with Crippen LogP contribution in [-0.4, -0.2) is 15.7 Å². The van der Waals surface area contributed by atoms with Crippen molar-refractivity contribution in [3.8, 4) is 5.75 Å². The first-order valence-electron chi connectivity index (χ1n) is 5.66. The van der Waals surface area contributed by atoms with Gasteiger partial charge in [-0.25, -0.2) is 4.57 Å². The van der Waals surface area contributed by atoms with Crippen LogP contribution in [-0.2, 0) is 4.57 Å². The van der Waals surface area contributed by atoms with E-state index in [9.17, 15) is 9.36 Å². The number of carbonyl (C=O) groups is 1. The van der Waals surface area contributed by atoms with Crippen molar-refractivity contribution in [1.29, 1.82) is 0 Å². The van der Waals surface area contributed by atoms with Crippen molar-refractivity contribution in [3.63, 3.8) is 0 Å². The van der Waals surface area contributed by atoms with Crippen LogP contribution < -0.4 is 9.84 Å². The van der Waals surface area contributed by atoms with E-state index in [2.05, 4.69) is 9.84 Å². The Hall–Kier alpha value is -2.14. The average molecular weight is 293 g/mol. The van der Waals surface area contributed by atoms with Gasteiger partial charge < -0.3 is 9.84 Å². The van der Waals surface area contributed by atoms with E-state index >= 15 is 0 Å². The molecule has 1 amide bonds. The molecule has 0 unspecified atom stereocenters. The Morgan fingerprint density at radius 3 is 2.25 bits per heavy atom. The van der Waals surface area contributed by atoms with Crippen molar-refractivity contribution in [2.45, 2.75) is 0 Å². The first-order chi connectivity index (χ1) is 9.46. The fourth-order valence-corrected chi connectivity index (χ4v) is 1.98. The molecule has 0 aliphatic rings. The summed E-state index contributed by atoms with van der Waals surface area (Å²) < 4.78 is 15.4. The van der Waals surface area contributed by atoms with Crippen LogP contribution >= 0.6 is 7.82 Å². The van der Waals surface area contributed by atoms with Crippen molar-refractivity contribution in [2.24, 2.45) is 0 Å². The number of phosphoric ester groups is 1. The number of para-hydroxylation sites is 2. The highest BCUT2D eigenvalue weighted by molar-refractivity contribution is 7.46. The largest absolute Gasteiger partial charge is 0.524 e. The Kier molecular flexibility index (Phi) is 4.20. The molecule has 0 aliphatic heterocycles. The minimum Gasteiger partial charge on any atom is -0.402 e. The van der Waals surface area contributed by atoms with Crippen molar-refractivity contribution in [2.75, 3.05) is 5.32 Å². The van der Waals surface area contributed by atoms with Crippen molar-refractivity contribution >= 4 is 19.4 Å². The van der Waals surface area contributed by atoms with Crippen molar-refractivity contribution < 1.29 is 23.7 Å². The number of anilines is 1. The topological polar surface area (TPSA) is 95.9 Å². The van der Waals surface area contributed by atoms with Crippen LogP contribution in [0.5, 0.6) is 5.75 Å². The van der Waals surface area contributed by atoms with Gasteiger partial charge in [-0.3, -0.25) is 14.6 Å². The van der Waals surface area contributed by atoms with E-state index in [1.165, 1.54) is 12.1 Å². The zero-order valence-electron chi connectivity index (χ0n) is 10.3. The zero-order chi connectivity index (χ0) is 14.6. The molecule has 2 aromatic carbocycles. The third-order valence-electron chi connectivity index (χ3n) is 2.39. The van der Waals surface area contributed by atoms with E-state index in [0.29, 0.717) is 5.56 Å². The molecular weight excluding hydrogens is 281 g/mol. The molecule has 104 valence electrons. The van der Waals surface area contributed by atoms with Crippen LogP contribution in [0.15, 0.2) is 54.6 Å². The molecule has 0 aliphatic carbocycles. The number of carbonyl (C=O) groups excluding carboxylic acids is 1. The molecule has 0 radical (unpaired) electrons. The molecule has 20 heavy (non-hydrogen) atoms. The number of phosphoric acid groups is 1. The molecule has 2 aromatic rings. The molecule has 0 bridgehead atoms. The molecule has 3 N–H and O–H groups in total. The smallest absolute Gasteiger partial charge is 0.402 e. The summed E-state index contributed by atoms with van der Waals surface area (Å²) in [5.41, 5.74) is 0.614. The molecule has 0 atom stereocenters. The lowest BCUT2D eigenvalue weighted by molar-refractivity contribution is 0.102. The Labute approximate surface area is 115 Å². The number of rotatable bonds is 4. The van der Waals surface area contributed by atoms with Crippen LogP contribution in [0.2, 0.25) is 0 Å². The van der Waals surface area contributed by atoms with Crippen LogP contribution in [0.1, 0.15) is 10.4 Å². The minimum atomic E-state index is -4.68. The second-order valence-electron chi connectivity index (χ2n) is 3.90. The quantitative estimate of drug-likeness (QED) is 0.752. The van der Waals surface area contributed by atoms with Crippen LogP contribution in [0.4, 0.5) is 5.69 Å². The van der Waals surface area contributed by atoms with Gasteiger partial charge in [0.1, 0.15) is 0 Å². The number of benzene rings is 2. The summed E-state index contributed by atoms with van der Waals surface area (Å²) in [5.74, 6) is -0.488. The molecule has 0 fully saturated rings. The van der Waals surface area contributed by atoms with Gasteiger partial charge in [-0.15, -0.1) is 0 Å². The molecule has 0 saturated carbocycles. The fourth-order valence-electron chi connectivity index (χ4n) is 1.56. The summed E-state index contributed by atoms with van der Waals surface area (Å²) in [6.07, 6.45) is 0. The Morgan fingerprint density at radius 1 is 1.00 bits per heavy atom. The van der Waals surface area contributed by atoms with Gasteiger partial charge in [0.25, 0.3) is 5.91 Å². The van der Waals surface area contributed by atoms with E-state index in [-0.39, 0.29) is 11.4 Å². The maximum absolute atomic E-state index is 12.0. The van der Waals surface area contributed by atoms with Gasteiger partial charge in [0, 0.05) is 5.56 Å². The maximum atomic E-state index is 12.0. The summed E-state index contributed by atoms with van der Waals surface area (Å²) in [4.78, 5) is 29.6. The zero-order valence-corrected chi connectivity index (χ0v) is 11.2. The first-order valence-corrected chi connectivity index (χ1v) is 7.19. The van der Waals surface area contributed by atoms with E-state index in [1.54, 1.807) is 42.5 Å². The number of hydrogen-bond acceptors (Lipinski definition) is 3. The van der Waals surface area contributed by atoms with Gasteiger partial charge in [0.15, 0.2) is 5.75 Å². The van der Waals surface area contributed by atoms with Gasteiger partial charge in [-0.2, -0.15) is 0 Å². The monoisotopic (exact) mass is 293 g/mol. The summed E-state index contributed by atoms with van der Waals surface area (Å²) in [7, 11) is -4.68. The highest BCUT2D eigenvalue weighted by Crippen LogP contribution is 2.40. The lowest BCUT2D eigenvalue weighted by Gasteiger charge is -2.12. The molecule has 2 rings (SSSR count). The van der Waals surface area contributed by atoms with E-state index in [4.69, 9.17) is 9.79 Å². The minimum absolute atomic E-state index is 0.0925. The second-order valence-corrected chi connectivity index (χ2v) is 5.06. The van der Waals surface area contributed by atoms with Crippen LogP contribution in [0.3, 0.4) is 0 Å². The van der Waals surface area contributed by atoms with Gasteiger partial charge in [-0.05, 0) is 24.3 Å². The highest BCUT2D eigenvalue weighted by Gasteiger charge is 2.19. The molecule has 6 nitrogen and oxygen atoms in total. The van der Waals surface area contributed by atoms with Crippen molar-refractivity contribution in [1.82, 2.24) is 0 Å². The summed E-state index contributed by atoms with van der Waals surface area (Å²) in [5, 5.41) is 2.54. The third kappa shape index (κ3) is 3.93. The number of nitrogens with one attached hydrogen (secondary N) is 1. The van der Waals surface area contributed by atoms with Gasteiger partial charge in [0.2, 0.25) is 0 Å². The maximum Gasteiger partial charge on any atom is 0.524 e. The standard InChI is InChI=1S/C13H12NO5P/c15-13(10-6-2-1-3-7-10)14-11-8-4-5-9-12(11)19-20(16,17)18/h1-9H,(H,14,15)(H2,16,17,18). The third-order valence-corrected chi connectivity index (χ3v) is 2.82. The normalized spacial score (nSPS) is 10.9. The summed E-state index contributed by atoms with van der Waals surface area (Å²) in [6.45, 7) is 0. The molecule has 0 saturated heterocycles. The Balaban J connectivity index is 2.22. The van der Waals surface area contributed by atoms with E-state index in [0.717, 1.165) is 0 Å². The van der Waals surface area contributed by atoms with Gasteiger partial charge in [-0.1, -0.05) is 30.3 Å². The van der Waals surface area contributed by atoms with Crippen LogP contribution in [0, 0.1) is 0 Å². The molecule has 0 heterocycles. The number of hydrogen-bond donors (Lipinski definition) is 3. The Morgan fingerprint density at radius 2 is 1.60 bits per heavy atom.